The van der Waals surface area contributed by atoms with Crippen molar-refractivity contribution in [1.82, 2.24) is 5.32 Å². The molecule has 2 aromatic rings. The summed E-state index contributed by atoms with van der Waals surface area (Å²) in [4.78, 5) is 0. The van der Waals surface area contributed by atoms with Gasteiger partial charge < -0.3 is 20.3 Å². The first-order valence-electron chi connectivity index (χ1n) is 6.03. The lowest BCUT2D eigenvalue weighted by Gasteiger charge is -2.08. The molecule has 0 amide bonds. The number of ether oxygens (including phenoxy) is 1. The summed E-state index contributed by atoms with van der Waals surface area (Å²) in [5, 5.41) is 22.0. The average Bonchev–Trinajstić information content (AvgIpc) is 2.43. The molecule has 3 N–H and O–H groups in total. The fourth-order valence-corrected chi connectivity index (χ4v) is 1.80. The van der Waals surface area contributed by atoms with Crippen molar-refractivity contribution in [3.63, 3.8) is 0 Å². The Morgan fingerprint density at radius 1 is 0.947 bits per heavy atom. The molecule has 0 aliphatic heterocycles. The SMILES string of the molecule is COc1cc(CNCc2ccc(O)cc2)ccc1O. The maximum atomic E-state index is 9.50. The number of hydrogen-bond donors (Lipinski definition) is 3. The number of methoxy groups -OCH3 is 1. The number of phenolic OH excluding ortho intramolecular Hbond substituents is 2. The van der Waals surface area contributed by atoms with Crippen LogP contribution in [0.25, 0.3) is 0 Å². The third-order valence-electron chi connectivity index (χ3n) is 2.84. The van der Waals surface area contributed by atoms with Crippen molar-refractivity contribution in [3.8, 4) is 17.2 Å². The minimum Gasteiger partial charge on any atom is -0.508 e. The van der Waals surface area contributed by atoms with Gasteiger partial charge in [0.2, 0.25) is 0 Å². The second-order valence-electron chi connectivity index (χ2n) is 4.28. The fraction of sp³-hybridized carbons (Fsp3) is 0.200. The van der Waals surface area contributed by atoms with Crippen molar-refractivity contribution in [3.05, 3.63) is 53.6 Å². The molecule has 2 aromatic carbocycles. The summed E-state index contributed by atoms with van der Waals surface area (Å²) in [6.07, 6.45) is 0. The van der Waals surface area contributed by atoms with Gasteiger partial charge in [-0.05, 0) is 35.4 Å². The van der Waals surface area contributed by atoms with Crippen LogP contribution in [-0.4, -0.2) is 17.3 Å². The Labute approximate surface area is 112 Å². The minimum atomic E-state index is 0.143. The summed E-state index contributed by atoms with van der Waals surface area (Å²) in [5.41, 5.74) is 2.14. The monoisotopic (exact) mass is 259 g/mol. The molecule has 2 rings (SSSR count). The fourth-order valence-electron chi connectivity index (χ4n) is 1.80. The third kappa shape index (κ3) is 3.63. The van der Waals surface area contributed by atoms with E-state index in [4.69, 9.17) is 4.74 Å². The molecule has 0 saturated heterocycles. The summed E-state index contributed by atoms with van der Waals surface area (Å²) in [5.74, 6) is 0.890. The molecule has 0 radical (unpaired) electrons. The number of benzene rings is 2. The maximum Gasteiger partial charge on any atom is 0.160 e. The summed E-state index contributed by atoms with van der Waals surface area (Å²) < 4.78 is 5.06. The van der Waals surface area contributed by atoms with Gasteiger partial charge in [-0.2, -0.15) is 0 Å². The zero-order valence-electron chi connectivity index (χ0n) is 10.8. The Hall–Kier alpha value is -2.20. The molecule has 0 saturated carbocycles. The zero-order chi connectivity index (χ0) is 13.7. The number of aromatic hydroxyl groups is 2. The van der Waals surface area contributed by atoms with Gasteiger partial charge in [-0.15, -0.1) is 0 Å². The highest BCUT2D eigenvalue weighted by molar-refractivity contribution is 5.41. The highest BCUT2D eigenvalue weighted by atomic mass is 16.5. The van der Waals surface area contributed by atoms with E-state index in [2.05, 4.69) is 5.32 Å². The van der Waals surface area contributed by atoms with Crippen LogP contribution in [0.3, 0.4) is 0 Å². The minimum absolute atomic E-state index is 0.143. The number of hydrogen-bond acceptors (Lipinski definition) is 4. The summed E-state index contributed by atoms with van der Waals surface area (Å²) >= 11 is 0. The Morgan fingerprint density at radius 2 is 1.58 bits per heavy atom. The zero-order valence-corrected chi connectivity index (χ0v) is 10.8. The van der Waals surface area contributed by atoms with Crippen LogP contribution in [0, 0.1) is 0 Å². The molecule has 0 aromatic heterocycles. The van der Waals surface area contributed by atoms with Crippen LogP contribution in [0.4, 0.5) is 0 Å². The second kappa shape index (κ2) is 6.11. The molecule has 0 spiro atoms. The van der Waals surface area contributed by atoms with Crippen LogP contribution in [0.2, 0.25) is 0 Å². The van der Waals surface area contributed by atoms with Crippen molar-refractivity contribution >= 4 is 0 Å². The standard InChI is InChI=1S/C15H17NO3/c1-19-15-8-12(4-7-14(15)18)10-16-9-11-2-5-13(17)6-3-11/h2-8,16-18H,9-10H2,1H3. The first-order chi connectivity index (χ1) is 9.19. The van der Waals surface area contributed by atoms with Crippen LogP contribution in [0.15, 0.2) is 42.5 Å². The Kier molecular flexibility index (Phi) is 4.26. The van der Waals surface area contributed by atoms with Crippen LogP contribution in [-0.2, 0) is 13.1 Å². The maximum absolute atomic E-state index is 9.50. The van der Waals surface area contributed by atoms with Gasteiger partial charge >= 0.3 is 0 Å². The first kappa shape index (κ1) is 13.2. The van der Waals surface area contributed by atoms with Gasteiger partial charge in [0, 0.05) is 13.1 Å². The average molecular weight is 259 g/mol. The van der Waals surface area contributed by atoms with Crippen molar-refractivity contribution in [2.24, 2.45) is 0 Å². The number of rotatable bonds is 5. The third-order valence-corrected chi connectivity index (χ3v) is 2.84. The molecule has 19 heavy (non-hydrogen) atoms. The topological polar surface area (TPSA) is 61.7 Å². The van der Waals surface area contributed by atoms with E-state index < -0.39 is 0 Å². The molecule has 0 bridgehead atoms. The summed E-state index contributed by atoms with van der Waals surface area (Å²) in [7, 11) is 1.53. The summed E-state index contributed by atoms with van der Waals surface area (Å²) in [6.45, 7) is 1.39. The molecule has 4 heteroatoms. The van der Waals surface area contributed by atoms with E-state index in [9.17, 15) is 10.2 Å². The van der Waals surface area contributed by atoms with Gasteiger partial charge in [0.15, 0.2) is 11.5 Å². The van der Waals surface area contributed by atoms with Crippen molar-refractivity contribution in [2.75, 3.05) is 7.11 Å². The molecule has 0 aliphatic carbocycles. The van der Waals surface area contributed by atoms with Crippen LogP contribution in [0.1, 0.15) is 11.1 Å². The van der Waals surface area contributed by atoms with Gasteiger partial charge in [-0.3, -0.25) is 0 Å². The molecule has 100 valence electrons. The van der Waals surface area contributed by atoms with Gasteiger partial charge in [-0.25, -0.2) is 0 Å². The predicted molar refractivity (Wildman–Crippen MR) is 73.3 cm³/mol. The second-order valence-corrected chi connectivity index (χ2v) is 4.28. The Morgan fingerprint density at radius 3 is 2.26 bits per heavy atom. The Bertz CT molecular complexity index is 538. The van der Waals surface area contributed by atoms with E-state index in [-0.39, 0.29) is 11.5 Å². The normalized spacial score (nSPS) is 10.4. The highest BCUT2D eigenvalue weighted by Gasteiger charge is 2.02. The molecule has 0 unspecified atom stereocenters. The van der Waals surface area contributed by atoms with E-state index in [1.54, 1.807) is 24.3 Å². The van der Waals surface area contributed by atoms with Gasteiger partial charge in [0.1, 0.15) is 5.75 Å². The summed E-state index contributed by atoms with van der Waals surface area (Å²) in [6, 6.07) is 12.4. The lowest BCUT2D eigenvalue weighted by Crippen LogP contribution is -2.12. The molecule has 0 fully saturated rings. The van der Waals surface area contributed by atoms with Crippen molar-refractivity contribution in [2.45, 2.75) is 13.1 Å². The van der Waals surface area contributed by atoms with Gasteiger partial charge in [0.05, 0.1) is 7.11 Å². The molecule has 0 heterocycles. The van der Waals surface area contributed by atoms with Crippen molar-refractivity contribution < 1.29 is 14.9 Å². The van der Waals surface area contributed by atoms with Crippen LogP contribution >= 0.6 is 0 Å². The lowest BCUT2D eigenvalue weighted by atomic mass is 10.2. The smallest absolute Gasteiger partial charge is 0.160 e. The van der Waals surface area contributed by atoms with E-state index in [0.29, 0.717) is 18.8 Å². The van der Waals surface area contributed by atoms with E-state index in [1.165, 1.54) is 7.11 Å². The quantitative estimate of drug-likeness (QED) is 0.771. The molecule has 0 atom stereocenters. The number of nitrogens with one attached hydrogen (secondary N) is 1. The van der Waals surface area contributed by atoms with Crippen LogP contribution < -0.4 is 10.1 Å². The molecular formula is C15H17NO3. The predicted octanol–water partition coefficient (Wildman–Crippen LogP) is 2.40. The molecule has 0 aliphatic rings. The van der Waals surface area contributed by atoms with E-state index >= 15 is 0 Å². The van der Waals surface area contributed by atoms with E-state index in [1.807, 2.05) is 18.2 Å². The van der Waals surface area contributed by atoms with E-state index in [0.717, 1.165) is 11.1 Å². The van der Waals surface area contributed by atoms with Crippen molar-refractivity contribution in [1.29, 1.82) is 0 Å². The van der Waals surface area contributed by atoms with Gasteiger partial charge in [0.25, 0.3) is 0 Å². The highest BCUT2D eigenvalue weighted by Crippen LogP contribution is 2.26. The first-order valence-corrected chi connectivity index (χ1v) is 6.03. The molecule has 4 nitrogen and oxygen atoms in total. The number of phenols is 2. The largest absolute Gasteiger partial charge is 0.508 e. The lowest BCUT2D eigenvalue weighted by molar-refractivity contribution is 0.373. The van der Waals surface area contributed by atoms with Crippen LogP contribution in [0.5, 0.6) is 17.2 Å². The molecular weight excluding hydrogens is 242 g/mol. The van der Waals surface area contributed by atoms with Gasteiger partial charge in [-0.1, -0.05) is 18.2 Å². The Balaban J connectivity index is 1.90.